The Balaban J connectivity index is 2.18. The number of nitrogens with zero attached hydrogens (tertiary/aromatic N) is 4. The quantitative estimate of drug-likeness (QED) is 0.722. The number of aromatic nitrogens is 4. The van der Waals surface area contributed by atoms with Crippen LogP contribution in [0.5, 0.6) is 0 Å². The molecule has 0 saturated carbocycles. The molecule has 0 aliphatic heterocycles. The number of fused-ring (bicyclic) bond motifs is 2. The molecule has 2 aromatic heterocycles. The van der Waals surface area contributed by atoms with Crippen LogP contribution in [-0.4, -0.2) is 19.9 Å². The van der Waals surface area contributed by atoms with Crippen molar-refractivity contribution >= 4 is 22.9 Å². The van der Waals surface area contributed by atoms with Gasteiger partial charge in [0, 0.05) is 0 Å². The van der Waals surface area contributed by atoms with Gasteiger partial charge in [0.05, 0.1) is 11.4 Å². The van der Waals surface area contributed by atoms with Crippen LogP contribution < -0.4 is 11.5 Å². The lowest BCUT2D eigenvalue weighted by Crippen LogP contribution is -2.09. The first-order valence-corrected chi connectivity index (χ1v) is 6.32. The molecule has 0 spiro atoms. The van der Waals surface area contributed by atoms with Gasteiger partial charge < -0.3 is 11.5 Å². The molecule has 0 amide bonds. The first kappa shape index (κ1) is 11.1. The molecular formula is C12H16N6. The Morgan fingerprint density at radius 3 is 2.11 bits per heavy atom. The van der Waals surface area contributed by atoms with Gasteiger partial charge in [-0.25, -0.2) is 9.97 Å². The Kier molecular flexibility index (Phi) is 2.70. The van der Waals surface area contributed by atoms with Crippen molar-refractivity contribution in [1.82, 2.24) is 19.9 Å². The van der Waals surface area contributed by atoms with Gasteiger partial charge >= 0.3 is 0 Å². The Labute approximate surface area is 105 Å². The summed E-state index contributed by atoms with van der Waals surface area (Å²) in [6.45, 7) is 0. The lowest BCUT2D eigenvalue weighted by molar-refractivity contribution is 0.602. The summed E-state index contributed by atoms with van der Waals surface area (Å²) in [6.07, 6.45) is 6.75. The van der Waals surface area contributed by atoms with Crippen LogP contribution in [0.4, 0.5) is 11.8 Å². The molecule has 0 aromatic carbocycles. The zero-order chi connectivity index (χ0) is 12.5. The molecule has 3 rings (SSSR count). The minimum atomic E-state index is 0.153. The molecule has 6 nitrogen and oxygen atoms in total. The van der Waals surface area contributed by atoms with E-state index in [0.717, 1.165) is 37.1 Å². The van der Waals surface area contributed by atoms with Crippen molar-refractivity contribution in [3.63, 3.8) is 0 Å². The van der Waals surface area contributed by atoms with E-state index in [9.17, 15) is 0 Å². The number of hydrogen-bond donors (Lipinski definition) is 2. The molecule has 18 heavy (non-hydrogen) atoms. The molecule has 0 fully saturated rings. The Morgan fingerprint density at radius 2 is 1.39 bits per heavy atom. The van der Waals surface area contributed by atoms with Crippen LogP contribution in [0.15, 0.2) is 0 Å². The zero-order valence-electron chi connectivity index (χ0n) is 10.2. The standard InChI is InChI=1S/C12H16N6/c13-10-9-11(18-12(14)17-10)16-8-6-4-2-1-3-5-7(8)15-9/h1-6H2,(H4,13,14,16,17,18). The summed E-state index contributed by atoms with van der Waals surface area (Å²) in [5, 5.41) is 0. The second-order valence-corrected chi connectivity index (χ2v) is 4.67. The van der Waals surface area contributed by atoms with E-state index in [-0.39, 0.29) is 5.95 Å². The van der Waals surface area contributed by atoms with Crippen molar-refractivity contribution in [1.29, 1.82) is 0 Å². The summed E-state index contributed by atoms with van der Waals surface area (Å²) in [5.74, 6) is 0.468. The second-order valence-electron chi connectivity index (χ2n) is 4.67. The maximum absolute atomic E-state index is 5.83. The predicted octanol–water partition coefficient (Wildman–Crippen LogP) is 1.24. The van der Waals surface area contributed by atoms with Crippen molar-refractivity contribution in [3.8, 4) is 0 Å². The number of anilines is 2. The number of nitrogens with two attached hydrogens (primary N) is 2. The number of nitrogen functional groups attached to an aromatic ring is 2. The van der Waals surface area contributed by atoms with Gasteiger partial charge in [-0.3, -0.25) is 0 Å². The molecule has 1 aliphatic carbocycles. The minimum absolute atomic E-state index is 0.153. The third kappa shape index (κ3) is 1.94. The highest BCUT2D eigenvalue weighted by Crippen LogP contribution is 2.21. The van der Waals surface area contributed by atoms with Gasteiger partial charge in [0.1, 0.15) is 0 Å². The third-order valence-electron chi connectivity index (χ3n) is 3.31. The summed E-state index contributed by atoms with van der Waals surface area (Å²) >= 11 is 0. The molecule has 1 aliphatic rings. The summed E-state index contributed by atoms with van der Waals surface area (Å²) < 4.78 is 0. The highest BCUT2D eigenvalue weighted by atomic mass is 15.1. The maximum atomic E-state index is 5.83. The van der Waals surface area contributed by atoms with E-state index in [2.05, 4.69) is 19.9 Å². The topological polar surface area (TPSA) is 104 Å². The third-order valence-corrected chi connectivity index (χ3v) is 3.31. The maximum Gasteiger partial charge on any atom is 0.224 e. The SMILES string of the molecule is Nc1nc(N)c2nc3c(nc2n1)CCCCCC3. The number of hydrogen-bond acceptors (Lipinski definition) is 6. The van der Waals surface area contributed by atoms with Crippen LogP contribution >= 0.6 is 0 Å². The zero-order valence-corrected chi connectivity index (χ0v) is 10.2. The molecule has 0 atom stereocenters. The Bertz CT molecular complexity index is 595. The van der Waals surface area contributed by atoms with Crippen LogP contribution in [-0.2, 0) is 12.8 Å². The second kappa shape index (κ2) is 4.36. The van der Waals surface area contributed by atoms with Crippen molar-refractivity contribution < 1.29 is 0 Å². The monoisotopic (exact) mass is 244 g/mol. The average molecular weight is 244 g/mol. The van der Waals surface area contributed by atoms with Crippen molar-refractivity contribution in [2.24, 2.45) is 0 Å². The van der Waals surface area contributed by atoms with Crippen LogP contribution in [0.3, 0.4) is 0 Å². The van der Waals surface area contributed by atoms with Crippen molar-refractivity contribution in [2.75, 3.05) is 11.5 Å². The lowest BCUT2D eigenvalue weighted by atomic mass is 10.0. The van der Waals surface area contributed by atoms with E-state index in [1.807, 2.05) is 0 Å². The van der Waals surface area contributed by atoms with Gasteiger partial charge in [-0.2, -0.15) is 9.97 Å². The lowest BCUT2D eigenvalue weighted by Gasteiger charge is -2.13. The molecule has 94 valence electrons. The van der Waals surface area contributed by atoms with Crippen molar-refractivity contribution in [3.05, 3.63) is 11.4 Å². The fourth-order valence-corrected chi connectivity index (χ4v) is 2.39. The Hall–Kier alpha value is -1.98. The minimum Gasteiger partial charge on any atom is -0.382 e. The normalized spacial score (nSPS) is 16.0. The molecule has 0 saturated heterocycles. The molecule has 2 aromatic rings. The fraction of sp³-hybridized carbons (Fsp3) is 0.500. The van der Waals surface area contributed by atoms with Gasteiger partial charge in [0.25, 0.3) is 0 Å². The molecule has 0 radical (unpaired) electrons. The first-order chi connectivity index (χ1) is 8.74. The number of rotatable bonds is 0. The van der Waals surface area contributed by atoms with E-state index in [4.69, 9.17) is 11.5 Å². The molecule has 6 heteroatoms. The number of aryl methyl sites for hydroxylation is 2. The van der Waals surface area contributed by atoms with E-state index in [1.165, 1.54) is 12.8 Å². The molecule has 0 unspecified atom stereocenters. The first-order valence-electron chi connectivity index (χ1n) is 6.32. The van der Waals surface area contributed by atoms with Gasteiger partial charge in [-0.15, -0.1) is 0 Å². The summed E-state index contributed by atoms with van der Waals surface area (Å²) in [6, 6.07) is 0. The summed E-state index contributed by atoms with van der Waals surface area (Å²) in [5.41, 5.74) is 14.6. The highest BCUT2D eigenvalue weighted by molar-refractivity contribution is 5.82. The van der Waals surface area contributed by atoms with E-state index >= 15 is 0 Å². The molecule has 0 bridgehead atoms. The summed E-state index contributed by atoms with van der Waals surface area (Å²) in [7, 11) is 0. The molecule has 2 heterocycles. The van der Waals surface area contributed by atoms with E-state index < -0.39 is 0 Å². The fourth-order valence-electron chi connectivity index (χ4n) is 2.39. The average Bonchev–Trinajstić information content (AvgIpc) is 2.29. The highest BCUT2D eigenvalue weighted by Gasteiger charge is 2.14. The Morgan fingerprint density at radius 1 is 0.722 bits per heavy atom. The van der Waals surface area contributed by atoms with Gasteiger partial charge in [0.15, 0.2) is 17.0 Å². The van der Waals surface area contributed by atoms with E-state index in [1.54, 1.807) is 0 Å². The van der Waals surface area contributed by atoms with Gasteiger partial charge in [-0.1, -0.05) is 12.8 Å². The van der Waals surface area contributed by atoms with Crippen LogP contribution in [0.2, 0.25) is 0 Å². The largest absolute Gasteiger partial charge is 0.382 e. The van der Waals surface area contributed by atoms with Gasteiger partial charge in [0.2, 0.25) is 5.95 Å². The molecular weight excluding hydrogens is 228 g/mol. The van der Waals surface area contributed by atoms with Gasteiger partial charge in [-0.05, 0) is 25.7 Å². The van der Waals surface area contributed by atoms with Crippen LogP contribution in [0.25, 0.3) is 11.2 Å². The molecule has 4 N–H and O–H groups in total. The van der Waals surface area contributed by atoms with Crippen LogP contribution in [0, 0.1) is 0 Å². The smallest absolute Gasteiger partial charge is 0.224 e. The predicted molar refractivity (Wildman–Crippen MR) is 69.8 cm³/mol. The van der Waals surface area contributed by atoms with Crippen molar-refractivity contribution in [2.45, 2.75) is 38.5 Å². The summed E-state index contributed by atoms with van der Waals surface area (Å²) in [4.78, 5) is 17.2. The van der Waals surface area contributed by atoms with E-state index in [0.29, 0.717) is 17.0 Å². The van der Waals surface area contributed by atoms with Crippen LogP contribution in [0.1, 0.15) is 37.1 Å².